The van der Waals surface area contributed by atoms with Gasteiger partial charge in [0, 0.05) is 0 Å². The van der Waals surface area contributed by atoms with Gasteiger partial charge in [-0.1, -0.05) is 12.1 Å². The quantitative estimate of drug-likeness (QED) is 0.751. The van der Waals surface area contributed by atoms with Gasteiger partial charge in [-0.15, -0.1) is 0 Å². The fraction of sp³-hybridized carbons (Fsp3) is 0.200. The van der Waals surface area contributed by atoms with E-state index in [1.807, 2.05) is 0 Å². The highest BCUT2D eigenvalue weighted by atomic mass is 16.4. The number of rotatable bonds is 2. The van der Waals surface area contributed by atoms with Gasteiger partial charge in [0.2, 0.25) is 0 Å². The standard InChI is InChI=1S/C10H10O4/c1-5-3-4-6(2)8(10(13)14)7(5)9(11)12/h3-4H,1-2H3,(H,11,12)(H,13,14). The van der Waals surface area contributed by atoms with Crippen LogP contribution in [0.25, 0.3) is 0 Å². The van der Waals surface area contributed by atoms with E-state index >= 15 is 0 Å². The van der Waals surface area contributed by atoms with Gasteiger partial charge in [0.15, 0.2) is 0 Å². The summed E-state index contributed by atoms with van der Waals surface area (Å²) in [6, 6.07) is 3.20. The van der Waals surface area contributed by atoms with Crippen LogP contribution in [-0.4, -0.2) is 22.2 Å². The van der Waals surface area contributed by atoms with Crippen LogP contribution in [-0.2, 0) is 0 Å². The van der Waals surface area contributed by atoms with Crippen LogP contribution in [0.5, 0.6) is 0 Å². The molecule has 0 spiro atoms. The Morgan fingerprint density at radius 3 is 1.43 bits per heavy atom. The van der Waals surface area contributed by atoms with Crippen LogP contribution in [0.4, 0.5) is 0 Å². The summed E-state index contributed by atoms with van der Waals surface area (Å²) in [5.74, 6) is -2.41. The molecule has 0 heterocycles. The summed E-state index contributed by atoms with van der Waals surface area (Å²) >= 11 is 0. The summed E-state index contributed by atoms with van der Waals surface area (Å²) in [6.45, 7) is 3.16. The third kappa shape index (κ3) is 1.59. The summed E-state index contributed by atoms with van der Waals surface area (Å²) in [5, 5.41) is 17.7. The molecule has 1 rings (SSSR count). The van der Waals surface area contributed by atoms with Gasteiger partial charge in [0.05, 0.1) is 11.1 Å². The molecule has 1 aromatic rings. The second-order valence-electron chi connectivity index (χ2n) is 3.06. The lowest BCUT2D eigenvalue weighted by Gasteiger charge is -2.07. The lowest BCUT2D eigenvalue weighted by molar-refractivity contribution is 0.0650. The Kier molecular flexibility index (Phi) is 2.56. The molecule has 1 aromatic carbocycles. The van der Waals surface area contributed by atoms with Crippen LogP contribution in [0.3, 0.4) is 0 Å². The summed E-state index contributed by atoms with van der Waals surface area (Å²) in [4.78, 5) is 21.7. The van der Waals surface area contributed by atoms with Crippen molar-refractivity contribution in [2.24, 2.45) is 0 Å². The van der Waals surface area contributed by atoms with Crippen LogP contribution in [0.1, 0.15) is 31.8 Å². The molecular weight excluding hydrogens is 184 g/mol. The van der Waals surface area contributed by atoms with Crippen molar-refractivity contribution in [1.29, 1.82) is 0 Å². The van der Waals surface area contributed by atoms with E-state index < -0.39 is 11.9 Å². The van der Waals surface area contributed by atoms with Gasteiger partial charge in [-0.2, -0.15) is 0 Å². The number of aryl methyl sites for hydroxylation is 2. The van der Waals surface area contributed by atoms with Gasteiger partial charge in [-0.05, 0) is 25.0 Å². The van der Waals surface area contributed by atoms with E-state index in [2.05, 4.69) is 0 Å². The van der Waals surface area contributed by atoms with E-state index in [4.69, 9.17) is 10.2 Å². The molecule has 4 heteroatoms. The van der Waals surface area contributed by atoms with Crippen molar-refractivity contribution >= 4 is 11.9 Å². The smallest absolute Gasteiger partial charge is 0.336 e. The molecule has 0 fully saturated rings. The number of hydrogen-bond acceptors (Lipinski definition) is 2. The van der Waals surface area contributed by atoms with Gasteiger partial charge in [-0.3, -0.25) is 0 Å². The highest BCUT2D eigenvalue weighted by molar-refractivity contribution is 6.03. The first-order valence-electron chi connectivity index (χ1n) is 4.02. The van der Waals surface area contributed by atoms with Crippen LogP contribution >= 0.6 is 0 Å². The van der Waals surface area contributed by atoms with Crippen molar-refractivity contribution in [3.8, 4) is 0 Å². The first kappa shape index (κ1) is 10.2. The van der Waals surface area contributed by atoms with E-state index in [0.717, 1.165) is 0 Å². The summed E-state index contributed by atoms with van der Waals surface area (Å²) < 4.78 is 0. The predicted octanol–water partition coefficient (Wildman–Crippen LogP) is 1.70. The number of carboxylic acids is 2. The summed E-state index contributed by atoms with van der Waals surface area (Å²) in [6.07, 6.45) is 0. The molecule has 0 atom stereocenters. The monoisotopic (exact) mass is 194 g/mol. The molecule has 0 aliphatic rings. The topological polar surface area (TPSA) is 74.6 Å². The van der Waals surface area contributed by atoms with E-state index in [0.29, 0.717) is 11.1 Å². The molecule has 0 aliphatic carbocycles. The molecule has 0 bridgehead atoms. The van der Waals surface area contributed by atoms with Crippen molar-refractivity contribution in [2.75, 3.05) is 0 Å². The largest absolute Gasteiger partial charge is 0.478 e. The van der Waals surface area contributed by atoms with Gasteiger partial charge >= 0.3 is 11.9 Å². The van der Waals surface area contributed by atoms with Crippen molar-refractivity contribution < 1.29 is 19.8 Å². The van der Waals surface area contributed by atoms with Crippen LogP contribution in [0.2, 0.25) is 0 Å². The summed E-state index contributed by atoms with van der Waals surface area (Å²) in [7, 11) is 0. The third-order valence-electron chi connectivity index (χ3n) is 2.05. The maximum absolute atomic E-state index is 10.8. The molecule has 0 saturated carbocycles. The molecule has 4 nitrogen and oxygen atoms in total. The van der Waals surface area contributed by atoms with Crippen LogP contribution in [0, 0.1) is 13.8 Å². The molecular formula is C10H10O4. The van der Waals surface area contributed by atoms with Crippen molar-refractivity contribution in [3.63, 3.8) is 0 Å². The first-order chi connectivity index (χ1) is 6.45. The van der Waals surface area contributed by atoms with E-state index in [9.17, 15) is 9.59 Å². The van der Waals surface area contributed by atoms with E-state index in [1.165, 1.54) is 0 Å². The highest BCUT2D eigenvalue weighted by Gasteiger charge is 2.20. The minimum absolute atomic E-state index is 0.127. The third-order valence-corrected chi connectivity index (χ3v) is 2.05. The summed E-state index contributed by atoms with van der Waals surface area (Å²) in [5.41, 5.74) is 0.663. The molecule has 0 saturated heterocycles. The maximum Gasteiger partial charge on any atom is 0.336 e. The maximum atomic E-state index is 10.8. The molecule has 14 heavy (non-hydrogen) atoms. The molecule has 2 N–H and O–H groups in total. The fourth-order valence-electron chi connectivity index (χ4n) is 1.36. The minimum Gasteiger partial charge on any atom is -0.478 e. The number of carboxylic acid groups (broad SMARTS) is 2. The molecule has 0 aromatic heterocycles. The van der Waals surface area contributed by atoms with Crippen LogP contribution in [0.15, 0.2) is 12.1 Å². The van der Waals surface area contributed by atoms with Crippen molar-refractivity contribution in [2.45, 2.75) is 13.8 Å². The predicted molar refractivity (Wildman–Crippen MR) is 49.8 cm³/mol. The fourth-order valence-corrected chi connectivity index (χ4v) is 1.36. The number of aromatic carboxylic acids is 2. The lowest BCUT2D eigenvalue weighted by Crippen LogP contribution is -2.11. The van der Waals surface area contributed by atoms with E-state index in [-0.39, 0.29) is 11.1 Å². The Morgan fingerprint density at radius 1 is 0.929 bits per heavy atom. The van der Waals surface area contributed by atoms with Crippen LogP contribution < -0.4 is 0 Å². The van der Waals surface area contributed by atoms with Gasteiger partial charge in [0.1, 0.15) is 0 Å². The van der Waals surface area contributed by atoms with Gasteiger partial charge in [0.25, 0.3) is 0 Å². The number of benzene rings is 1. The Hall–Kier alpha value is -1.84. The second kappa shape index (κ2) is 3.49. The zero-order valence-corrected chi connectivity index (χ0v) is 7.87. The SMILES string of the molecule is Cc1ccc(C)c(C(=O)O)c1C(=O)O. The zero-order chi connectivity index (χ0) is 10.9. The molecule has 74 valence electrons. The van der Waals surface area contributed by atoms with E-state index in [1.54, 1.807) is 26.0 Å². The Balaban J connectivity index is 3.58. The van der Waals surface area contributed by atoms with Gasteiger partial charge < -0.3 is 10.2 Å². The number of hydrogen-bond donors (Lipinski definition) is 2. The lowest BCUT2D eigenvalue weighted by atomic mass is 9.97. The van der Waals surface area contributed by atoms with Gasteiger partial charge in [-0.25, -0.2) is 9.59 Å². The molecule has 0 amide bonds. The van der Waals surface area contributed by atoms with Crippen molar-refractivity contribution in [1.82, 2.24) is 0 Å². The normalized spacial score (nSPS) is 9.86. The minimum atomic E-state index is -1.20. The average molecular weight is 194 g/mol. The molecule has 0 radical (unpaired) electrons. The molecule has 0 unspecified atom stereocenters. The zero-order valence-electron chi connectivity index (χ0n) is 7.87. The Bertz CT molecular complexity index is 368. The highest BCUT2D eigenvalue weighted by Crippen LogP contribution is 2.18. The second-order valence-corrected chi connectivity index (χ2v) is 3.06. The first-order valence-corrected chi connectivity index (χ1v) is 4.02. The average Bonchev–Trinajstić information content (AvgIpc) is 2.07. The Morgan fingerprint density at radius 2 is 1.21 bits per heavy atom. The Labute approximate surface area is 80.8 Å². The molecule has 0 aliphatic heterocycles. The van der Waals surface area contributed by atoms with Crippen molar-refractivity contribution in [3.05, 3.63) is 34.4 Å². The number of carbonyl (C=O) groups is 2.